The van der Waals surface area contributed by atoms with Crippen molar-refractivity contribution in [1.29, 1.82) is 0 Å². The van der Waals surface area contributed by atoms with E-state index >= 15 is 0 Å². The molecule has 0 saturated carbocycles. The van der Waals surface area contributed by atoms with Crippen LogP contribution < -0.4 is 9.13 Å². The molecule has 0 fully saturated rings. The van der Waals surface area contributed by atoms with Gasteiger partial charge in [0.2, 0.25) is 0 Å². The molecular weight excluding hydrogens is 254 g/mol. The number of nitrogens with zero attached hydrogens (tertiary/aromatic N) is 3. The molecule has 0 radical (unpaired) electrons. The van der Waals surface area contributed by atoms with Crippen LogP contribution in [0.25, 0.3) is 6.08 Å². The van der Waals surface area contributed by atoms with Gasteiger partial charge in [0.15, 0.2) is 24.8 Å². The second-order valence-corrected chi connectivity index (χ2v) is 4.20. The molecule has 0 amide bonds. The maximum atomic E-state index is 8.42. The molecule has 0 spiro atoms. The molecule has 0 unspecified atom stereocenters. The van der Waals surface area contributed by atoms with Crippen LogP contribution in [0.15, 0.2) is 60.8 Å². The van der Waals surface area contributed by atoms with Crippen molar-refractivity contribution >= 4 is 12.3 Å². The molecule has 0 aliphatic carbocycles. The van der Waals surface area contributed by atoms with E-state index in [0.717, 1.165) is 11.1 Å². The number of hydrogen-bond donors (Lipinski definition) is 1. The second kappa shape index (κ2) is 7.16. The largest absolute Gasteiger partial charge is 0.411 e. The standard InChI is InChI=1S/C15H16N3O2/c1-2-14-3-7-17(8-4-14)12-20-13-18-9-5-15(6-10-18)11-16-19/h2-11H,1,12-13H2/q+1/p+1. The molecule has 2 aromatic rings. The van der Waals surface area contributed by atoms with Crippen LogP contribution >= 0.6 is 0 Å². The monoisotopic (exact) mass is 271 g/mol. The van der Waals surface area contributed by atoms with E-state index in [1.807, 2.05) is 58.2 Å². The van der Waals surface area contributed by atoms with Gasteiger partial charge in [0, 0.05) is 29.8 Å². The van der Waals surface area contributed by atoms with Crippen LogP contribution in [-0.4, -0.2) is 11.4 Å². The number of pyridine rings is 2. The van der Waals surface area contributed by atoms with E-state index in [1.165, 1.54) is 6.21 Å². The van der Waals surface area contributed by atoms with Gasteiger partial charge in [-0.2, -0.15) is 9.13 Å². The maximum absolute atomic E-state index is 8.42. The SMILES string of the molecule is C=Cc1cc[n+](COC[n+]2ccc(/C=N\O)cc2)cc1. The Balaban J connectivity index is 1.84. The Bertz CT molecular complexity index is 577. The number of oxime groups is 1. The molecule has 5 heteroatoms. The van der Waals surface area contributed by atoms with E-state index in [1.54, 1.807) is 6.08 Å². The van der Waals surface area contributed by atoms with E-state index in [9.17, 15) is 0 Å². The van der Waals surface area contributed by atoms with E-state index in [0.29, 0.717) is 13.5 Å². The van der Waals surface area contributed by atoms with Gasteiger partial charge in [0.1, 0.15) is 0 Å². The van der Waals surface area contributed by atoms with Crippen molar-refractivity contribution in [2.45, 2.75) is 13.5 Å². The fourth-order valence-electron chi connectivity index (χ4n) is 1.65. The first-order valence-corrected chi connectivity index (χ1v) is 6.17. The van der Waals surface area contributed by atoms with Gasteiger partial charge in [-0.15, -0.1) is 0 Å². The van der Waals surface area contributed by atoms with Crippen LogP contribution in [0.5, 0.6) is 0 Å². The molecule has 0 aromatic carbocycles. The highest BCUT2D eigenvalue weighted by molar-refractivity contribution is 5.78. The topological polar surface area (TPSA) is 49.6 Å². The van der Waals surface area contributed by atoms with E-state index < -0.39 is 0 Å². The van der Waals surface area contributed by atoms with Crippen molar-refractivity contribution in [3.63, 3.8) is 0 Å². The zero-order valence-corrected chi connectivity index (χ0v) is 11.1. The number of rotatable bonds is 6. The van der Waals surface area contributed by atoms with Gasteiger partial charge in [0.25, 0.3) is 13.5 Å². The van der Waals surface area contributed by atoms with Gasteiger partial charge in [-0.25, -0.2) is 0 Å². The molecule has 20 heavy (non-hydrogen) atoms. The highest BCUT2D eigenvalue weighted by Crippen LogP contribution is 1.95. The van der Waals surface area contributed by atoms with Crippen molar-refractivity contribution in [2.75, 3.05) is 0 Å². The van der Waals surface area contributed by atoms with E-state index in [2.05, 4.69) is 11.7 Å². The predicted octanol–water partition coefficient (Wildman–Crippen LogP) is 1.34. The zero-order valence-electron chi connectivity index (χ0n) is 11.1. The Morgan fingerprint density at radius 1 is 1.00 bits per heavy atom. The average molecular weight is 271 g/mol. The lowest BCUT2D eigenvalue weighted by Crippen LogP contribution is -2.40. The first kappa shape index (κ1) is 13.9. The van der Waals surface area contributed by atoms with Gasteiger partial charge in [0.05, 0.1) is 6.21 Å². The highest BCUT2D eigenvalue weighted by atomic mass is 16.5. The van der Waals surface area contributed by atoms with Crippen molar-refractivity contribution in [1.82, 2.24) is 0 Å². The molecule has 2 heterocycles. The molecule has 2 rings (SSSR count). The molecule has 0 atom stereocenters. The van der Waals surface area contributed by atoms with Crippen LogP contribution in [0.1, 0.15) is 11.1 Å². The minimum Gasteiger partial charge on any atom is -0.411 e. The second-order valence-electron chi connectivity index (χ2n) is 4.20. The zero-order chi connectivity index (χ0) is 14.2. The van der Waals surface area contributed by atoms with Gasteiger partial charge < -0.3 is 5.21 Å². The summed E-state index contributed by atoms with van der Waals surface area (Å²) in [5.74, 6) is 0. The minimum absolute atomic E-state index is 0.451. The van der Waals surface area contributed by atoms with Crippen molar-refractivity contribution in [3.8, 4) is 0 Å². The van der Waals surface area contributed by atoms with Crippen LogP contribution in [0.2, 0.25) is 0 Å². The Morgan fingerprint density at radius 3 is 1.95 bits per heavy atom. The third-order valence-corrected chi connectivity index (χ3v) is 2.76. The molecule has 0 bridgehead atoms. The summed E-state index contributed by atoms with van der Waals surface area (Å²) in [5, 5.41) is 11.4. The summed E-state index contributed by atoms with van der Waals surface area (Å²) < 4.78 is 9.44. The lowest BCUT2D eigenvalue weighted by atomic mass is 10.3. The molecule has 1 N–H and O–H groups in total. The number of aromatic nitrogens is 2. The fraction of sp³-hybridized carbons (Fsp3) is 0.133. The third kappa shape index (κ3) is 4.00. The summed E-state index contributed by atoms with van der Waals surface area (Å²) in [5.41, 5.74) is 1.91. The minimum atomic E-state index is 0.451. The Kier molecular flexibility index (Phi) is 4.97. The summed E-state index contributed by atoms with van der Waals surface area (Å²) in [6, 6.07) is 7.64. The fourth-order valence-corrected chi connectivity index (χ4v) is 1.65. The number of hydrogen-bond acceptors (Lipinski definition) is 3. The summed E-state index contributed by atoms with van der Waals surface area (Å²) >= 11 is 0. The summed E-state index contributed by atoms with van der Waals surface area (Å²) in [6.45, 7) is 4.64. The summed E-state index contributed by atoms with van der Waals surface area (Å²) in [7, 11) is 0. The van der Waals surface area contributed by atoms with Gasteiger partial charge in [-0.1, -0.05) is 17.8 Å². The van der Waals surface area contributed by atoms with Gasteiger partial charge in [-0.05, 0) is 5.56 Å². The van der Waals surface area contributed by atoms with Crippen molar-refractivity contribution < 1.29 is 19.1 Å². The molecule has 0 saturated heterocycles. The van der Waals surface area contributed by atoms with Crippen LogP contribution in [-0.2, 0) is 18.2 Å². The van der Waals surface area contributed by atoms with E-state index in [4.69, 9.17) is 9.94 Å². The molecule has 2 aromatic heterocycles. The summed E-state index contributed by atoms with van der Waals surface area (Å²) in [6.07, 6.45) is 10.8. The summed E-state index contributed by atoms with van der Waals surface area (Å²) in [4.78, 5) is 0. The quantitative estimate of drug-likeness (QED) is 0.373. The highest BCUT2D eigenvalue weighted by Gasteiger charge is 2.03. The lowest BCUT2D eigenvalue weighted by Gasteiger charge is -1.98. The molecule has 0 aliphatic heterocycles. The van der Waals surface area contributed by atoms with Crippen molar-refractivity contribution in [2.24, 2.45) is 5.16 Å². The Hall–Kier alpha value is -2.53. The Labute approximate surface area is 117 Å². The maximum Gasteiger partial charge on any atom is 0.257 e. The first-order chi connectivity index (χ1) is 9.81. The molecule has 102 valence electrons. The van der Waals surface area contributed by atoms with Gasteiger partial charge >= 0.3 is 0 Å². The molecule has 5 nitrogen and oxygen atoms in total. The van der Waals surface area contributed by atoms with Gasteiger partial charge in [-0.3, -0.25) is 4.74 Å². The number of ether oxygens (including phenoxy) is 1. The van der Waals surface area contributed by atoms with Crippen LogP contribution in [0.4, 0.5) is 0 Å². The third-order valence-electron chi connectivity index (χ3n) is 2.76. The van der Waals surface area contributed by atoms with Crippen LogP contribution in [0.3, 0.4) is 0 Å². The van der Waals surface area contributed by atoms with Crippen molar-refractivity contribution in [3.05, 3.63) is 66.8 Å². The first-order valence-electron chi connectivity index (χ1n) is 6.17. The molecular formula is C15H17N3O2+2. The Morgan fingerprint density at radius 2 is 1.50 bits per heavy atom. The molecule has 0 aliphatic rings. The van der Waals surface area contributed by atoms with Crippen LogP contribution in [0, 0.1) is 0 Å². The predicted molar refractivity (Wildman–Crippen MR) is 73.8 cm³/mol. The average Bonchev–Trinajstić information content (AvgIpc) is 2.50. The lowest BCUT2D eigenvalue weighted by molar-refractivity contribution is -0.788. The smallest absolute Gasteiger partial charge is 0.257 e. The van der Waals surface area contributed by atoms with E-state index in [-0.39, 0.29) is 0 Å². The normalized spacial score (nSPS) is 10.8.